The monoisotopic (exact) mass is 181 g/mol. The number of hydrogen-bond donors (Lipinski definition) is 1. The Morgan fingerprint density at radius 1 is 1.31 bits per heavy atom. The van der Waals surface area contributed by atoms with Crippen molar-refractivity contribution in [2.24, 2.45) is 11.1 Å². The van der Waals surface area contributed by atoms with Gasteiger partial charge in [-0.15, -0.1) is 0 Å². The predicted octanol–water partition coefficient (Wildman–Crippen LogP) is 1.34. The number of carbonyl (C=O) groups is 1. The second-order valence-electron chi connectivity index (χ2n) is 4.04. The summed E-state index contributed by atoms with van der Waals surface area (Å²) in [5.41, 5.74) is 5.21. The van der Waals surface area contributed by atoms with E-state index in [0.717, 1.165) is 25.7 Å². The summed E-state index contributed by atoms with van der Waals surface area (Å²) in [6.45, 7) is 0.494. The lowest BCUT2D eigenvalue weighted by Gasteiger charge is -2.36. The summed E-state index contributed by atoms with van der Waals surface area (Å²) in [5, 5.41) is 0. The van der Waals surface area contributed by atoms with Crippen molar-refractivity contribution in [3.8, 4) is 0 Å². The highest BCUT2D eigenvalue weighted by atomic mass is 16.5. The van der Waals surface area contributed by atoms with Gasteiger partial charge in [0.15, 0.2) is 11.7 Å². The molecule has 0 atom stereocenters. The van der Waals surface area contributed by atoms with Crippen molar-refractivity contribution in [1.29, 1.82) is 0 Å². The molecule has 0 saturated heterocycles. The molecule has 0 aromatic rings. The fourth-order valence-electron chi connectivity index (χ4n) is 2.24. The zero-order chi connectivity index (χ0) is 9.31. The van der Waals surface area contributed by atoms with Crippen molar-refractivity contribution in [2.75, 3.05) is 6.61 Å². The van der Waals surface area contributed by atoms with Gasteiger partial charge < -0.3 is 10.5 Å². The Hall–Kier alpha value is -0.990. The molecule has 3 nitrogen and oxygen atoms in total. The molecule has 2 N–H and O–H groups in total. The van der Waals surface area contributed by atoms with Gasteiger partial charge in [-0.05, 0) is 12.8 Å². The summed E-state index contributed by atoms with van der Waals surface area (Å²) in [4.78, 5) is 11.7. The first-order chi connectivity index (χ1) is 6.23. The van der Waals surface area contributed by atoms with Gasteiger partial charge in [0.25, 0.3) is 0 Å². The molecule has 1 spiro atoms. The van der Waals surface area contributed by atoms with Crippen LogP contribution >= 0.6 is 0 Å². The van der Waals surface area contributed by atoms with E-state index in [1.54, 1.807) is 0 Å². The first-order valence-corrected chi connectivity index (χ1v) is 4.87. The SMILES string of the molecule is NC1=CC(=O)C2(CCCCC2)CO1. The van der Waals surface area contributed by atoms with Crippen LogP contribution in [0.5, 0.6) is 0 Å². The van der Waals surface area contributed by atoms with Gasteiger partial charge in [0.2, 0.25) is 0 Å². The second-order valence-corrected chi connectivity index (χ2v) is 4.04. The Balaban J connectivity index is 2.18. The quantitative estimate of drug-likeness (QED) is 0.613. The number of rotatable bonds is 0. The third-order valence-corrected chi connectivity index (χ3v) is 3.12. The van der Waals surface area contributed by atoms with Crippen LogP contribution in [0.25, 0.3) is 0 Å². The molecule has 1 aliphatic carbocycles. The van der Waals surface area contributed by atoms with Gasteiger partial charge in [0, 0.05) is 6.08 Å². The lowest BCUT2D eigenvalue weighted by molar-refractivity contribution is -0.131. The number of nitrogens with two attached hydrogens (primary N) is 1. The van der Waals surface area contributed by atoms with E-state index >= 15 is 0 Å². The average Bonchev–Trinajstić information content (AvgIpc) is 2.14. The average molecular weight is 181 g/mol. The van der Waals surface area contributed by atoms with Crippen LogP contribution in [0.1, 0.15) is 32.1 Å². The summed E-state index contributed by atoms with van der Waals surface area (Å²) in [7, 11) is 0. The largest absolute Gasteiger partial charge is 0.478 e. The number of allylic oxidation sites excluding steroid dienone is 1. The van der Waals surface area contributed by atoms with Crippen LogP contribution in [0.4, 0.5) is 0 Å². The molecule has 2 rings (SSSR count). The maximum Gasteiger partial charge on any atom is 0.187 e. The summed E-state index contributed by atoms with van der Waals surface area (Å²) in [6, 6.07) is 0. The number of hydrogen-bond acceptors (Lipinski definition) is 3. The standard InChI is InChI=1S/C10H15NO2/c11-9-6-8(12)10(7-13-9)4-2-1-3-5-10/h6H,1-5,7,11H2. The van der Waals surface area contributed by atoms with E-state index in [4.69, 9.17) is 10.5 Å². The van der Waals surface area contributed by atoms with E-state index in [2.05, 4.69) is 0 Å². The van der Waals surface area contributed by atoms with Gasteiger partial charge in [-0.25, -0.2) is 0 Å². The van der Waals surface area contributed by atoms with Gasteiger partial charge in [0.05, 0.1) is 5.41 Å². The minimum absolute atomic E-state index is 0.177. The third-order valence-electron chi connectivity index (χ3n) is 3.12. The lowest BCUT2D eigenvalue weighted by Crippen LogP contribution is -2.40. The maximum atomic E-state index is 11.7. The summed E-state index contributed by atoms with van der Waals surface area (Å²) in [6.07, 6.45) is 6.92. The highest BCUT2D eigenvalue weighted by Crippen LogP contribution is 2.39. The van der Waals surface area contributed by atoms with Crippen molar-refractivity contribution in [1.82, 2.24) is 0 Å². The lowest BCUT2D eigenvalue weighted by atomic mass is 9.71. The molecular weight excluding hydrogens is 166 g/mol. The van der Waals surface area contributed by atoms with Crippen LogP contribution in [0.3, 0.4) is 0 Å². The Morgan fingerprint density at radius 3 is 2.62 bits per heavy atom. The van der Waals surface area contributed by atoms with Crippen molar-refractivity contribution >= 4 is 5.78 Å². The molecule has 72 valence electrons. The second kappa shape index (κ2) is 3.05. The fraction of sp³-hybridized carbons (Fsp3) is 0.700. The topological polar surface area (TPSA) is 52.3 Å². The number of ketones is 1. The predicted molar refractivity (Wildman–Crippen MR) is 48.7 cm³/mol. The maximum absolute atomic E-state index is 11.7. The van der Waals surface area contributed by atoms with Gasteiger partial charge in [0.1, 0.15) is 6.61 Å². The minimum atomic E-state index is -0.221. The summed E-state index contributed by atoms with van der Waals surface area (Å²) < 4.78 is 5.26. The van der Waals surface area contributed by atoms with Crippen LogP contribution in [-0.2, 0) is 9.53 Å². The first kappa shape index (κ1) is 8.60. The van der Waals surface area contributed by atoms with Gasteiger partial charge in [-0.1, -0.05) is 19.3 Å². The molecule has 1 saturated carbocycles. The minimum Gasteiger partial charge on any atom is -0.478 e. The molecule has 0 unspecified atom stereocenters. The van der Waals surface area contributed by atoms with Crippen LogP contribution in [0.2, 0.25) is 0 Å². The molecule has 0 amide bonds. The van der Waals surface area contributed by atoms with Crippen LogP contribution in [0, 0.1) is 5.41 Å². The first-order valence-electron chi connectivity index (χ1n) is 4.87. The van der Waals surface area contributed by atoms with Crippen molar-refractivity contribution in [3.63, 3.8) is 0 Å². The Morgan fingerprint density at radius 2 is 2.00 bits per heavy atom. The van der Waals surface area contributed by atoms with Gasteiger partial charge >= 0.3 is 0 Å². The van der Waals surface area contributed by atoms with Crippen LogP contribution in [-0.4, -0.2) is 12.4 Å². The Kier molecular flexibility index (Phi) is 2.02. The highest BCUT2D eigenvalue weighted by molar-refractivity contribution is 5.95. The Bertz CT molecular complexity index is 252. The molecule has 0 aromatic carbocycles. The van der Waals surface area contributed by atoms with Crippen molar-refractivity contribution < 1.29 is 9.53 Å². The molecule has 0 radical (unpaired) electrons. The fourth-order valence-corrected chi connectivity index (χ4v) is 2.24. The molecule has 0 bridgehead atoms. The number of ether oxygens (including phenoxy) is 1. The van der Waals surface area contributed by atoms with Gasteiger partial charge in [-0.3, -0.25) is 4.79 Å². The summed E-state index contributed by atoms with van der Waals surface area (Å²) in [5.74, 6) is 0.456. The smallest absolute Gasteiger partial charge is 0.187 e. The normalized spacial score (nSPS) is 26.8. The number of carbonyl (C=O) groups excluding carboxylic acids is 1. The van der Waals surface area contributed by atoms with E-state index in [0.29, 0.717) is 6.61 Å². The molecule has 1 heterocycles. The molecule has 1 aliphatic heterocycles. The van der Waals surface area contributed by atoms with Crippen molar-refractivity contribution in [3.05, 3.63) is 12.0 Å². The van der Waals surface area contributed by atoms with Gasteiger partial charge in [-0.2, -0.15) is 0 Å². The van der Waals surface area contributed by atoms with Crippen LogP contribution < -0.4 is 5.73 Å². The van der Waals surface area contributed by atoms with E-state index < -0.39 is 0 Å². The van der Waals surface area contributed by atoms with E-state index in [1.165, 1.54) is 12.5 Å². The molecule has 3 heteroatoms. The van der Waals surface area contributed by atoms with Crippen molar-refractivity contribution in [2.45, 2.75) is 32.1 Å². The zero-order valence-electron chi connectivity index (χ0n) is 7.71. The van der Waals surface area contributed by atoms with E-state index in [-0.39, 0.29) is 17.1 Å². The molecule has 0 aromatic heterocycles. The molecule has 2 aliphatic rings. The van der Waals surface area contributed by atoms with E-state index in [9.17, 15) is 4.79 Å². The summed E-state index contributed by atoms with van der Waals surface area (Å²) >= 11 is 0. The molecule has 1 fully saturated rings. The zero-order valence-corrected chi connectivity index (χ0v) is 7.71. The van der Waals surface area contributed by atoms with Crippen LogP contribution in [0.15, 0.2) is 12.0 Å². The molecule has 13 heavy (non-hydrogen) atoms. The Labute approximate surface area is 77.9 Å². The highest BCUT2D eigenvalue weighted by Gasteiger charge is 2.41. The third kappa shape index (κ3) is 1.43. The molecular formula is C10H15NO2. The van der Waals surface area contributed by atoms with E-state index in [1.807, 2.05) is 0 Å².